The summed E-state index contributed by atoms with van der Waals surface area (Å²) in [6.45, 7) is 5.79. The van der Waals surface area contributed by atoms with Crippen LogP contribution in [0.1, 0.15) is 29.8 Å². The molecule has 1 saturated heterocycles. The number of nitrogens with zero attached hydrogens (tertiary/aromatic N) is 3. The van der Waals surface area contributed by atoms with E-state index in [0.29, 0.717) is 29.7 Å². The first-order valence-corrected chi connectivity index (χ1v) is 11.5. The Morgan fingerprint density at radius 3 is 2.68 bits per heavy atom. The van der Waals surface area contributed by atoms with E-state index in [1.165, 1.54) is 6.26 Å². The highest BCUT2D eigenvalue weighted by molar-refractivity contribution is 7.89. The molecule has 0 radical (unpaired) electrons. The Labute approximate surface area is 170 Å². The van der Waals surface area contributed by atoms with Gasteiger partial charge in [-0.3, -0.25) is 0 Å². The molecule has 1 aromatic carbocycles. The fraction of sp³-hybridized carbons (Fsp3) is 0.474. The van der Waals surface area contributed by atoms with Gasteiger partial charge < -0.3 is 15.4 Å². The van der Waals surface area contributed by atoms with Crippen molar-refractivity contribution < 1.29 is 13.2 Å². The van der Waals surface area contributed by atoms with Crippen LogP contribution in [0.15, 0.2) is 24.3 Å². The van der Waals surface area contributed by atoms with Crippen molar-refractivity contribution in [2.24, 2.45) is 5.92 Å². The number of benzene rings is 1. The van der Waals surface area contributed by atoms with Gasteiger partial charge in [-0.2, -0.15) is 4.98 Å². The van der Waals surface area contributed by atoms with Gasteiger partial charge in [-0.05, 0) is 30.0 Å². The minimum atomic E-state index is -3.13. The summed E-state index contributed by atoms with van der Waals surface area (Å²) in [6, 6.07) is 7.11. The number of hydrogen-bond acceptors (Lipinski definition) is 7. The quantitative estimate of drug-likeness (QED) is 0.805. The third kappa shape index (κ3) is 5.12. The highest BCUT2D eigenvalue weighted by Crippen LogP contribution is 2.34. The molecular formula is C19H25ClN4O3S. The molecule has 152 valence electrons. The summed E-state index contributed by atoms with van der Waals surface area (Å²) in [5.74, 6) is 1.20. The molecule has 2 heterocycles. The molecule has 0 saturated carbocycles. The molecule has 0 amide bonds. The molecule has 1 fully saturated rings. The SMILES string of the molecule is Cc1cc(N2CC(C)COCC2c2ccc(CS(C)(=O)=O)cc2Cl)nc(N)n1. The Hall–Kier alpha value is -1.90. The van der Waals surface area contributed by atoms with Crippen molar-refractivity contribution in [3.05, 3.63) is 46.1 Å². The van der Waals surface area contributed by atoms with Gasteiger partial charge in [-0.1, -0.05) is 30.7 Å². The minimum Gasteiger partial charge on any atom is -0.379 e. The normalized spacial score (nSPS) is 20.8. The maximum atomic E-state index is 11.6. The summed E-state index contributed by atoms with van der Waals surface area (Å²) >= 11 is 6.56. The van der Waals surface area contributed by atoms with Crippen molar-refractivity contribution in [3.8, 4) is 0 Å². The highest BCUT2D eigenvalue weighted by Gasteiger charge is 2.29. The molecule has 2 aromatic rings. The zero-order valence-electron chi connectivity index (χ0n) is 16.2. The summed E-state index contributed by atoms with van der Waals surface area (Å²) in [5.41, 5.74) is 8.18. The van der Waals surface area contributed by atoms with E-state index in [1.807, 2.05) is 19.1 Å². The molecule has 2 unspecified atom stereocenters. The summed E-state index contributed by atoms with van der Waals surface area (Å²) in [4.78, 5) is 10.7. The molecule has 0 spiro atoms. The van der Waals surface area contributed by atoms with Gasteiger partial charge in [0.25, 0.3) is 0 Å². The van der Waals surface area contributed by atoms with E-state index in [1.54, 1.807) is 12.1 Å². The van der Waals surface area contributed by atoms with E-state index in [0.717, 1.165) is 23.6 Å². The Bertz CT molecular complexity index is 947. The first-order valence-electron chi connectivity index (χ1n) is 9.04. The Morgan fingerprint density at radius 2 is 2.04 bits per heavy atom. The molecule has 1 aliphatic heterocycles. The molecule has 3 rings (SSSR count). The Balaban J connectivity index is 2.01. The van der Waals surface area contributed by atoms with E-state index in [4.69, 9.17) is 22.1 Å². The van der Waals surface area contributed by atoms with Crippen molar-refractivity contribution in [1.29, 1.82) is 0 Å². The zero-order valence-corrected chi connectivity index (χ0v) is 17.8. The number of nitrogen functional groups attached to an aromatic ring is 1. The van der Waals surface area contributed by atoms with Crippen LogP contribution in [0.5, 0.6) is 0 Å². The molecule has 2 atom stereocenters. The smallest absolute Gasteiger partial charge is 0.222 e. The Morgan fingerprint density at radius 1 is 1.29 bits per heavy atom. The largest absolute Gasteiger partial charge is 0.379 e. The zero-order chi connectivity index (χ0) is 20.5. The van der Waals surface area contributed by atoms with Crippen LogP contribution in [-0.4, -0.2) is 44.4 Å². The number of rotatable bonds is 4. The van der Waals surface area contributed by atoms with Crippen molar-refractivity contribution >= 4 is 33.2 Å². The van der Waals surface area contributed by atoms with E-state index in [2.05, 4.69) is 21.8 Å². The Kier molecular flexibility index (Phi) is 6.12. The summed E-state index contributed by atoms with van der Waals surface area (Å²) in [5, 5.41) is 0.507. The van der Waals surface area contributed by atoms with Gasteiger partial charge in [-0.15, -0.1) is 0 Å². The van der Waals surface area contributed by atoms with Gasteiger partial charge in [-0.25, -0.2) is 13.4 Å². The fourth-order valence-corrected chi connectivity index (χ4v) is 4.57. The van der Waals surface area contributed by atoms with E-state index in [-0.39, 0.29) is 17.7 Å². The van der Waals surface area contributed by atoms with Gasteiger partial charge in [0.2, 0.25) is 5.95 Å². The maximum Gasteiger partial charge on any atom is 0.222 e. The van der Waals surface area contributed by atoms with Crippen LogP contribution in [0.2, 0.25) is 5.02 Å². The molecule has 7 nitrogen and oxygen atoms in total. The number of sulfone groups is 1. The van der Waals surface area contributed by atoms with Gasteiger partial charge in [0.05, 0.1) is 25.0 Å². The molecule has 28 heavy (non-hydrogen) atoms. The van der Waals surface area contributed by atoms with Crippen molar-refractivity contribution in [2.75, 3.05) is 36.6 Å². The second-order valence-electron chi connectivity index (χ2n) is 7.46. The molecule has 0 aliphatic carbocycles. The van der Waals surface area contributed by atoms with Crippen LogP contribution in [-0.2, 0) is 20.3 Å². The average Bonchev–Trinajstić information content (AvgIpc) is 2.74. The van der Waals surface area contributed by atoms with Crippen molar-refractivity contribution in [3.63, 3.8) is 0 Å². The average molecular weight is 425 g/mol. The third-order valence-electron chi connectivity index (χ3n) is 4.57. The topological polar surface area (TPSA) is 98.4 Å². The first kappa shape index (κ1) is 20.8. The number of nitrogens with two attached hydrogens (primary N) is 1. The van der Waals surface area contributed by atoms with Gasteiger partial charge >= 0.3 is 0 Å². The lowest BCUT2D eigenvalue weighted by molar-refractivity contribution is 0.114. The van der Waals surface area contributed by atoms with Gasteiger partial charge in [0.15, 0.2) is 9.84 Å². The molecular weight excluding hydrogens is 400 g/mol. The van der Waals surface area contributed by atoms with Crippen molar-refractivity contribution in [1.82, 2.24) is 9.97 Å². The lowest BCUT2D eigenvalue weighted by Crippen LogP contribution is -2.34. The standard InChI is InChI=1S/C19H25ClN4O3S/c1-12-8-24(18-6-13(2)22-19(21)23-18)17(10-27-9-12)15-5-4-14(7-16(15)20)11-28(3,25)26/h4-7,12,17H,8-11H2,1-3H3,(H2,21,22,23). The lowest BCUT2D eigenvalue weighted by Gasteiger charge is -2.32. The van der Waals surface area contributed by atoms with E-state index in [9.17, 15) is 8.42 Å². The van der Waals surface area contributed by atoms with Crippen LogP contribution in [0.25, 0.3) is 0 Å². The van der Waals surface area contributed by atoms with Gasteiger partial charge in [0.1, 0.15) is 5.82 Å². The minimum absolute atomic E-state index is 0.0451. The predicted octanol–water partition coefficient (Wildman–Crippen LogP) is 2.78. The van der Waals surface area contributed by atoms with E-state index < -0.39 is 9.84 Å². The predicted molar refractivity (Wildman–Crippen MR) is 111 cm³/mol. The number of hydrogen-bond donors (Lipinski definition) is 1. The monoisotopic (exact) mass is 424 g/mol. The number of ether oxygens (including phenoxy) is 1. The summed E-state index contributed by atoms with van der Waals surface area (Å²) < 4.78 is 29.0. The van der Waals surface area contributed by atoms with Gasteiger partial charge in [0, 0.05) is 29.6 Å². The second kappa shape index (κ2) is 8.23. The number of anilines is 2. The molecule has 1 aliphatic rings. The number of halogens is 1. The molecule has 1 aromatic heterocycles. The van der Waals surface area contributed by atoms with E-state index >= 15 is 0 Å². The maximum absolute atomic E-state index is 11.6. The van der Waals surface area contributed by atoms with Crippen LogP contribution in [0, 0.1) is 12.8 Å². The first-order chi connectivity index (χ1) is 13.1. The fourth-order valence-electron chi connectivity index (χ4n) is 3.45. The summed E-state index contributed by atoms with van der Waals surface area (Å²) in [7, 11) is -3.13. The number of aryl methyl sites for hydroxylation is 1. The van der Waals surface area contributed by atoms with Crippen molar-refractivity contribution in [2.45, 2.75) is 25.6 Å². The molecule has 9 heteroatoms. The lowest BCUT2D eigenvalue weighted by atomic mass is 10.0. The summed E-state index contributed by atoms with van der Waals surface area (Å²) in [6.07, 6.45) is 1.21. The van der Waals surface area contributed by atoms with Crippen LogP contribution >= 0.6 is 11.6 Å². The third-order valence-corrected chi connectivity index (χ3v) is 5.75. The van der Waals surface area contributed by atoms with Crippen LogP contribution in [0.4, 0.5) is 11.8 Å². The van der Waals surface area contributed by atoms with Crippen LogP contribution < -0.4 is 10.6 Å². The highest BCUT2D eigenvalue weighted by atomic mass is 35.5. The molecule has 2 N–H and O–H groups in total. The molecule has 0 bridgehead atoms. The second-order valence-corrected chi connectivity index (χ2v) is 10.0. The van der Waals surface area contributed by atoms with Crippen LogP contribution in [0.3, 0.4) is 0 Å². The number of aromatic nitrogens is 2.